The number of fused-ring (bicyclic) bond motifs is 2. The van der Waals surface area contributed by atoms with Crippen LogP contribution in [0.2, 0.25) is 0 Å². The summed E-state index contributed by atoms with van der Waals surface area (Å²) in [5.74, 6) is -2.18. The molecule has 5 heteroatoms. The smallest absolute Gasteiger partial charge is 0.323 e. The van der Waals surface area contributed by atoms with Crippen LogP contribution >= 0.6 is 0 Å². The van der Waals surface area contributed by atoms with Crippen molar-refractivity contribution in [2.24, 2.45) is 5.92 Å². The van der Waals surface area contributed by atoms with Crippen LogP contribution in [-0.4, -0.2) is 23.6 Å². The van der Waals surface area contributed by atoms with E-state index in [4.69, 9.17) is 14.2 Å². The van der Waals surface area contributed by atoms with Gasteiger partial charge in [0.15, 0.2) is 5.92 Å². The number of hydrogen-bond donors (Lipinski definition) is 0. The van der Waals surface area contributed by atoms with Crippen molar-refractivity contribution in [3.8, 4) is 0 Å². The lowest BCUT2D eigenvalue weighted by molar-refractivity contribution is -0.263. The second-order valence-electron chi connectivity index (χ2n) is 7.52. The van der Waals surface area contributed by atoms with Crippen molar-refractivity contribution < 1.29 is 23.8 Å². The molecule has 2 atom stereocenters. The first-order chi connectivity index (χ1) is 13.7. The number of hydrogen-bond acceptors (Lipinski definition) is 5. The lowest BCUT2D eigenvalue weighted by Crippen LogP contribution is -2.62. The molecule has 2 aromatic carbocycles. The third kappa shape index (κ3) is 3.94. The molecule has 5 rings (SSSR count). The third-order valence-electron chi connectivity index (χ3n) is 5.55. The van der Waals surface area contributed by atoms with Crippen LogP contribution in [0.1, 0.15) is 36.8 Å². The Hall–Kier alpha value is -2.66. The molecule has 2 saturated heterocycles. The zero-order chi connectivity index (χ0) is 19.4. The summed E-state index contributed by atoms with van der Waals surface area (Å²) in [4.78, 5) is 25.8. The van der Waals surface area contributed by atoms with Gasteiger partial charge in [0.05, 0.1) is 11.7 Å². The number of carbonyl (C=O) groups excluding carboxylic acids is 2. The monoisotopic (exact) mass is 380 g/mol. The molecule has 28 heavy (non-hydrogen) atoms. The van der Waals surface area contributed by atoms with Crippen LogP contribution in [0.15, 0.2) is 60.7 Å². The van der Waals surface area contributed by atoms with E-state index in [1.165, 1.54) is 0 Å². The normalized spacial score (nSPS) is 23.0. The molecule has 1 unspecified atom stereocenters. The molecule has 1 aliphatic carbocycles. The van der Waals surface area contributed by atoms with Crippen molar-refractivity contribution in [1.29, 1.82) is 0 Å². The molecule has 146 valence electrons. The number of rotatable bonds is 7. The largest absolute Gasteiger partial charge is 0.460 e. The van der Waals surface area contributed by atoms with Crippen LogP contribution in [0.25, 0.3) is 0 Å². The Labute approximate surface area is 164 Å². The summed E-state index contributed by atoms with van der Waals surface area (Å²) in [7, 11) is 0. The van der Waals surface area contributed by atoms with Crippen LogP contribution < -0.4 is 0 Å². The second kappa shape index (κ2) is 8.15. The van der Waals surface area contributed by atoms with Crippen molar-refractivity contribution in [2.45, 2.75) is 50.6 Å². The minimum absolute atomic E-state index is 0.127. The quantitative estimate of drug-likeness (QED) is 0.540. The predicted octanol–water partition coefficient (Wildman–Crippen LogP) is 3.80. The molecule has 2 heterocycles. The molecule has 0 radical (unpaired) electrons. The molecule has 2 bridgehead atoms. The summed E-state index contributed by atoms with van der Waals surface area (Å²) in [5, 5.41) is 0. The summed E-state index contributed by atoms with van der Waals surface area (Å²) < 4.78 is 16.9. The first-order valence-corrected chi connectivity index (χ1v) is 9.75. The number of ether oxygens (including phenoxy) is 3. The Morgan fingerprint density at radius 3 is 1.86 bits per heavy atom. The highest BCUT2D eigenvalue weighted by atomic mass is 16.6. The minimum atomic E-state index is -1.04. The van der Waals surface area contributed by atoms with Gasteiger partial charge in [-0.2, -0.15) is 0 Å². The maximum atomic E-state index is 12.9. The summed E-state index contributed by atoms with van der Waals surface area (Å²) >= 11 is 0. The van der Waals surface area contributed by atoms with Gasteiger partial charge in [-0.1, -0.05) is 60.7 Å². The highest BCUT2D eigenvalue weighted by Gasteiger charge is 2.59. The Morgan fingerprint density at radius 2 is 1.43 bits per heavy atom. The van der Waals surface area contributed by atoms with Crippen molar-refractivity contribution in [3.63, 3.8) is 0 Å². The van der Waals surface area contributed by atoms with E-state index in [0.29, 0.717) is 12.8 Å². The minimum Gasteiger partial charge on any atom is -0.460 e. The first-order valence-electron chi connectivity index (χ1n) is 9.75. The van der Waals surface area contributed by atoms with Crippen LogP contribution in [0.4, 0.5) is 0 Å². The summed E-state index contributed by atoms with van der Waals surface area (Å²) in [6, 6.07) is 18.9. The molecule has 1 saturated carbocycles. The average Bonchev–Trinajstić information content (AvgIpc) is 2.72. The standard InChI is InChI=1S/C23H24O5/c24-21(26-15-17-8-3-1-4-9-17)20(23-13-7-12-19(14-23)28-23)22(25)27-16-18-10-5-2-6-11-18/h1-6,8-11,19-20H,7,12-16H2/t19?,23-/m1/s1. The molecule has 3 aliphatic rings. The van der Waals surface area contributed by atoms with E-state index in [0.717, 1.165) is 24.0 Å². The van der Waals surface area contributed by atoms with Crippen molar-refractivity contribution in [2.75, 3.05) is 0 Å². The lowest BCUT2D eigenvalue weighted by atomic mass is 9.69. The van der Waals surface area contributed by atoms with Gasteiger partial charge >= 0.3 is 11.9 Å². The summed E-state index contributed by atoms with van der Waals surface area (Å²) in [5.41, 5.74) is 0.978. The van der Waals surface area contributed by atoms with Gasteiger partial charge in [-0.3, -0.25) is 9.59 Å². The Balaban J connectivity index is 1.45. The van der Waals surface area contributed by atoms with Crippen LogP contribution in [0, 0.1) is 5.92 Å². The Kier molecular flexibility index (Phi) is 5.44. The van der Waals surface area contributed by atoms with E-state index in [1.54, 1.807) is 0 Å². The van der Waals surface area contributed by atoms with Gasteiger partial charge in [-0.15, -0.1) is 0 Å². The van der Waals surface area contributed by atoms with E-state index in [1.807, 2.05) is 60.7 Å². The Bertz CT molecular complexity index is 750. The molecule has 2 aliphatic heterocycles. The zero-order valence-electron chi connectivity index (χ0n) is 15.7. The second-order valence-corrected chi connectivity index (χ2v) is 7.52. The average molecular weight is 380 g/mol. The fourth-order valence-corrected chi connectivity index (χ4v) is 4.14. The van der Waals surface area contributed by atoms with Crippen LogP contribution in [0.5, 0.6) is 0 Å². The molecule has 0 amide bonds. The maximum absolute atomic E-state index is 12.9. The topological polar surface area (TPSA) is 61.8 Å². The molecule has 0 spiro atoms. The predicted molar refractivity (Wildman–Crippen MR) is 102 cm³/mol. The summed E-state index contributed by atoms with van der Waals surface area (Å²) in [6.45, 7) is 0.253. The van der Waals surface area contributed by atoms with Crippen molar-refractivity contribution >= 4 is 11.9 Å². The number of esters is 2. The van der Waals surface area contributed by atoms with Crippen molar-refractivity contribution in [1.82, 2.24) is 0 Å². The van der Waals surface area contributed by atoms with Gasteiger partial charge in [0.1, 0.15) is 13.2 Å². The summed E-state index contributed by atoms with van der Waals surface area (Å²) in [6.07, 6.45) is 3.44. The fraction of sp³-hybridized carbons (Fsp3) is 0.391. The van der Waals surface area contributed by atoms with Gasteiger partial charge in [0.25, 0.3) is 0 Å². The first kappa shape index (κ1) is 18.7. The fourth-order valence-electron chi connectivity index (χ4n) is 4.14. The van der Waals surface area contributed by atoms with Crippen molar-refractivity contribution in [3.05, 3.63) is 71.8 Å². The number of benzene rings is 2. The third-order valence-corrected chi connectivity index (χ3v) is 5.55. The van der Waals surface area contributed by atoms with E-state index in [-0.39, 0.29) is 19.3 Å². The van der Waals surface area contributed by atoms with E-state index >= 15 is 0 Å². The van der Waals surface area contributed by atoms with Crippen LogP contribution in [-0.2, 0) is 37.0 Å². The van der Waals surface area contributed by atoms with Gasteiger partial charge in [-0.05, 0) is 30.4 Å². The molecule has 5 nitrogen and oxygen atoms in total. The maximum Gasteiger partial charge on any atom is 0.323 e. The van der Waals surface area contributed by atoms with Gasteiger partial charge in [0, 0.05) is 6.42 Å². The molecule has 0 N–H and O–H groups in total. The molecule has 0 aromatic heterocycles. The van der Waals surface area contributed by atoms with Gasteiger partial charge in [0.2, 0.25) is 0 Å². The van der Waals surface area contributed by atoms with Gasteiger partial charge in [-0.25, -0.2) is 0 Å². The van der Waals surface area contributed by atoms with E-state index in [2.05, 4.69) is 0 Å². The highest BCUT2D eigenvalue weighted by molar-refractivity contribution is 5.96. The number of carbonyl (C=O) groups is 2. The lowest BCUT2D eigenvalue weighted by Gasteiger charge is -2.54. The molecular weight excluding hydrogens is 356 g/mol. The van der Waals surface area contributed by atoms with E-state index < -0.39 is 23.5 Å². The molecular formula is C23H24O5. The highest BCUT2D eigenvalue weighted by Crippen LogP contribution is 2.49. The SMILES string of the molecule is O=C(OCc1ccccc1)C(C(=O)OCc1ccccc1)[C@@]12CCCC(C1)O2. The zero-order valence-corrected chi connectivity index (χ0v) is 15.7. The molecule has 2 aromatic rings. The molecule has 3 fully saturated rings. The van der Waals surface area contributed by atoms with Crippen LogP contribution in [0.3, 0.4) is 0 Å². The Morgan fingerprint density at radius 1 is 0.929 bits per heavy atom. The van der Waals surface area contributed by atoms with E-state index in [9.17, 15) is 9.59 Å². The van der Waals surface area contributed by atoms with Gasteiger partial charge < -0.3 is 14.2 Å².